The van der Waals surface area contributed by atoms with Crippen LogP contribution in [0.5, 0.6) is 0 Å². The summed E-state index contributed by atoms with van der Waals surface area (Å²) >= 11 is 0. The first-order valence-electron chi connectivity index (χ1n) is 3.19. The molecule has 0 spiro atoms. The van der Waals surface area contributed by atoms with Gasteiger partial charge in [0.1, 0.15) is 6.54 Å². The van der Waals surface area contributed by atoms with Gasteiger partial charge in [0.05, 0.1) is 12.7 Å². The molecular formula is C5H10N2O3. The molecule has 0 bridgehead atoms. The van der Waals surface area contributed by atoms with Crippen molar-refractivity contribution in [2.24, 2.45) is 5.92 Å². The average molecular weight is 146 g/mol. The van der Waals surface area contributed by atoms with Crippen LogP contribution in [0.25, 0.3) is 0 Å². The fraction of sp³-hybridized carbons (Fsp3) is 1.00. The van der Waals surface area contributed by atoms with E-state index in [4.69, 9.17) is 4.74 Å². The number of hydrogen-bond acceptors (Lipinski definition) is 3. The number of nitrogens with zero attached hydrogens (tertiary/aromatic N) is 1. The van der Waals surface area contributed by atoms with Gasteiger partial charge in [-0.1, -0.05) is 6.92 Å². The summed E-state index contributed by atoms with van der Waals surface area (Å²) in [5, 5.41) is 9.24. The minimum absolute atomic E-state index is 0.0328. The standard InChI is InChI=1S/C5H10N2O3/c1-4-3-10-5(4)2-6-7(8)9/h4-6H,2-3H2,1H3. The van der Waals surface area contributed by atoms with E-state index in [0.29, 0.717) is 12.5 Å². The van der Waals surface area contributed by atoms with E-state index in [-0.39, 0.29) is 6.10 Å². The zero-order valence-corrected chi connectivity index (χ0v) is 5.74. The number of hydrazine groups is 1. The maximum atomic E-state index is 9.79. The number of rotatable bonds is 3. The van der Waals surface area contributed by atoms with Gasteiger partial charge < -0.3 is 4.74 Å². The van der Waals surface area contributed by atoms with Gasteiger partial charge in [0.15, 0.2) is 5.03 Å². The van der Waals surface area contributed by atoms with Crippen molar-refractivity contribution in [3.8, 4) is 0 Å². The summed E-state index contributed by atoms with van der Waals surface area (Å²) in [5.41, 5.74) is 2.08. The Kier molecular flexibility index (Phi) is 2.06. The molecule has 0 aromatic carbocycles. The van der Waals surface area contributed by atoms with E-state index in [9.17, 15) is 10.1 Å². The van der Waals surface area contributed by atoms with Crippen molar-refractivity contribution in [2.45, 2.75) is 13.0 Å². The monoisotopic (exact) mass is 146 g/mol. The molecule has 1 aliphatic rings. The third kappa shape index (κ3) is 1.57. The largest absolute Gasteiger partial charge is 0.375 e. The summed E-state index contributed by atoms with van der Waals surface area (Å²) < 4.78 is 5.03. The highest BCUT2D eigenvalue weighted by molar-refractivity contribution is 4.75. The Labute approximate surface area is 58.5 Å². The Morgan fingerprint density at radius 3 is 2.90 bits per heavy atom. The molecule has 0 aromatic rings. The van der Waals surface area contributed by atoms with E-state index in [0.717, 1.165) is 6.61 Å². The van der Waals surface area contributed by atoms with Crippen molar-refractivity contribution in [3.05, 3.63) is 10.1 Å². The topological polar surface area (TPSA) is 64.4 Å². The second kappa shape index (κ2) is 2.83. The molecule has 5 heteroatoms. The van der Waals surface area contributed by atoms with Crippen LogP contribution in [0, 0.1) is 16.0 Å². The number of ether oxygens (including phenoxy) is 1. The Morgan fingerprint density at radius 1 is 1.90 bits per heavy atom. The molecule has 0 saturated carbocycles. The van der Waals surface area contributed by atoms with Crippen molar-refractivity contribution in [3.63, 3.8) is 0 Å². The van der Waals surface area contributed by atoms with Gasteiger partial charge in [-0.25, -0.2) is 10.1 Å². The maximum absolute atomic E-state index is 9.79. The third-order valence-electron chi connectivity index (χ3n) is 1.63. The van der Waals surface area contributed by atoms with Crippen molar-refractivity contribution in [1.82, 2.24) is 5.43 Å². The minimum Gasteiger partial charge on any atom is -0.375 e. The van der Waals surface area contributed by atoms with Crippen LogP contribution in [0.15, 0.2) is 0 Å². The Bertz CT molecular complexity index is 139. The second-order valence-corrected chi connectivity index (χ2v) is 2.47. The van der Waals surface area contributed by atoms with Gasteiger partial charge in [-0.2, -0.15) is 0 Å². The lowest BCUT2D eigenvalue weighted by molar-refractivity contribution is -0.546. The van der Waals surface area contributed by atoms with Gasteiger partial charge in [-0.05, 0) is 0 Å². The molecule has 0 amide bonds. The molecule has 2 unspecified atom stereocenters. The van der Waals surface area contributed by atoms with Crippen LogP contribution in [0.1, 0.15) is 6.92 Å². The summed E-state index contributed by atoms with van der Waals surface area (Å²) in [5.74, 6) is 0.451. The molecule has 0 aromatic heterocycles. The first-order chi connectivity index (χ1) is 4.70. The van der Waals surface area contributed by atoms with E-state index < -0.39 is 5.03 Å². The quantitative estimate of drug-likeness (QED) is 0.442. The van der Waals surface area contributed by atoms with Crippen molar-refractivity contribution >= 4 is 0 Å². The summed E-state index contributed by atoms with van der Waals surface area (Å²) in [6.45, 7) is 3.05. The molecular weight excluding hydrogens is 136 g/mol. The molecule has 0 radical (unpaired) electrons. The molecule has 1 rings (SSSR count). The van der Waals surface area contributed by atoms with Crippen LogP contribution in [0.3, 0.4) is 0 Å². The first kappa shape index (κ1) is 7.27. The average Bonchev–Trinajstić information content (AvgIpc) is 1.84. The highest BCUT2D eigenvalue weighted by Gasteiger charge is 2.28. The fourth-order valence-electron chi connectivity index (χ4n) is 0.849. The SMILES string of the molecule is CC1COC1CN[N+](=O)[O-]. The van der Waals surface area contributed by atoms with E-state index >= 15 is 0 Å². The summed E-state index contributed by atoms with van der Waals surface area (Å²) in [6, 6.07) is 0. The molecule has 5 nitrogen and oxygen atoms in total. The first-order valence-corrected chi connectivity index (χ1v) is 3.19. The summed E-state index contributed by atoms with van der Waals surface area (Å²) in [6.07, 6.45) is 0.0328. The Morgan fingerprint density at radius 2 is 2.60 bits per heavy atom. The molecule has 1 heterocycles. The molecule has 10 heavy (non-hydrogen) atoms. The molecule has 1 saturated heterocycles. The maximum Gasteiger partial charge on any atom is 0.157 e. The lowest BCUT2D eigenvalue weighted by atomic mass is 10.0. The van der Waals surface area contributed by atoms with Gasteiger partial charge >= 0.3 is 0 Å². The molecule has 1 fully saturated rings. The van der Waals surface area contributed by atoms with Crippen LogP contribution in [-0.4, -0.2) is 24.3 Å². The molecule has 0 aliphatic carbocycles. The lowest BCUT2D eigenvalue weighted by Gasteiger charge is -2.32. The molecule has 58 valence electrons. The van der Waals surface area contributed by atoms with Crippen LogP contribution in [-0.2, 0) is 4.74 Å². The summed E-state index contributed by atoms with van der Waals surface area (Å²) in [7, 11) is 0. The highest BCUT2D eigenvalue weighted by Crippen LogP contribution is 2.17. The van der Waals surface area contributed by atoms with Gasteiger partial charge in [-0.3, -0.25) is 0 Å². The van der Waals surface area contributed by atoms with Gasteiger partial charge in [-0.15, -0.1) is 5.43 Å². The number of hydrogen-bond donors (Lipinski definition) is 1. The smallest absolute Gasteiger partial charge is 0.157 e. The Hall–Kier alpha value is -0.840. The predicted octanol–water partition coefficient (Wildman–Crippen LogP) is -0.197. The Balaban J connectivity index is 2.08. The van der Waals surface area contributed by atoms with Crippen LogP contribution in [0.4, 0.5) is 0 Å². The zero-order valence-electron chi connectivity index (χ0n) is 5.74. The molecule has 1 N–H and O–H groups in total. The van der Waals surface area contributed by atoms with Crippen molar-refractivity contribution in [1.29, 1.82) is 0 Å². The van der Waals surface area contributed by atoms with Crippen LogP contribution in [0.2, 0.25) is 0 Å². The highest BCUT2D eigenvalue weighted by atomic mass is 16.7. The zero-order chi connectivity index (χ0) is 7.56. The van der Waals surface area contributed by atoms with Gasteiger partial charge in [0, 0.05) is 5.92 Å². The summed E-state index contributed by atoms with van der Waals surface area (Å²) in [4.78, 5) is 9.79. The molecule has 2 atom stereocenters. The van der Waals surface area contributed by atoms with Gasteiger partial charge in [0.25, 0.3) is 0 Å². The number of nitro groups is 1. The van der Waals surface area contributed by atoms with Crippen LogP contribution >= 0.6 is 0 Å². The van der Waals surface area contributed by atoms with Crippen LogP contribution < -0.4 is 5.43 Å². The number of nitrogens with one attached hydrogen (secondary N) is 1. The van der Waals surface area contributed by atoms with E-state index in [1.807, 2.05) is 6.92 Å². The fourth-order valence-corrected chi connectivity index (χ4v) is 0.849. The normalized spacial score (nSPS) is 30.9. The predicted molar refractivity (Wildman–Crippen MR) is 33.9 cm³/mol. The van der Waals surface area contributed by atoms with E-state index in [1.54, 1.807) is 0 Å². The van der Waals surface area contributed by atoms with Crippen molar-refractivity contribution in [2.75, 3.05) is 13.2 Å². The minimum atomic E-state index is -0.547. The van der Waals surface area contributed by atoms with E-state index in [2.05, 4.69) is 5.43 Å². The van der Waals surface area contributed by atoms with E-state index in [1.165, 1.54) is 0 Å². The van der Waals surface area contributed by atoms with Gasteiger partial charge in [0.2, 0.25) is 0 Å². The second-order valence-electron chi connectivity index (χ2n) is 2.47. The lowest BCUT2D eigenvalue weighted by Crippen LogP contribution is -2.46. The van der Waals surface area contributed by atoms with Crippen molar-refractivity contribution < 1.29 is 9.77 Å². The molecule has 1 aliphatic heterocycles. The third-order valence-corrected chi connectivity index (χ3v) is 1.63.